The van der Waals surface area contributed by atoms with E-state index >= 15 is 0 Å². The van der Waals surface area contributed by atoms with E-state index in [1.54, 1.807) is 11.5 Å². The van der Waals surface area contributed by atoms with E-state index in [4.69, 9.17) is 0 Å². The SMILES string of the molecule is CCCn1cc(S(=O)(=O)NC2(C(=O)O)CCCC2)nc1C. The molecular weight excluding hydrogens is 294 g/mol. The monoisotopic (exact) mass is 315 g/mol. The van der Waals surface area contributed by atoms with Gasteiger partial charge < -0.3 is 9.67 Å². The van der Waals surface area contributed by atoms with Crippen molar-refractivity contribution in [1.29, 1.82) is 0 Å². The summed E-state index contributed by atoms with van der Waals surface area (Å²) in [6.07, 6.45) is 4.37. The molecule has 1 saturated carbocycles. The summed E-state index contributed by atoms with van der Waals surface area (Å²) in [6.45, 7) is 4.40. The summed E-state index contributed by atoms with van der Waals surface area (Å²) in [5.41, 5.74) is -1.39. The Balaban J connectivity index is 2.29. The predicted molar refractivity (Wildman–Crippen MR) is 76.4 cm³/mol. The van der Waals surface area contributed by atoms with E-state index in [0.29, 0.717) is 38.1 Å². The molecule has 7 nitrogen and oxygen atoms in total. The summed E-state index contributed by atoms with van der Waals surface area (Å²) < 4.78 is 29.0. The van der Waals surface area contributed by atoms with Crippen LogP contribution in [-0.2, 0) is 21.4 Å². The van der Waals surface area contributed by atoms with E-state index in [1.807, 2.05) is 6.92 Å². The summed E-state index contributed by atoms with van der Waals surface area (Å²) in [5, 5.41) is 9.26. The Morgan fingerprint density at radius 3 is 2.62 bits per heavy atom. The van der Waals surface area contributed by atoms with Crippen molar-refractivity contribution in [2.24, 2.45) is 0 Å². The third-order valence-corrected chi connectivity index (χ3v) is 5.30. The second-order valence-corrected chi connectivity index (χ2v) is 7.15. The van der Waals surface area contributed by atoms with E-state index in [9.17, 15) is 18.3 Å². The molecule has 2 rings (SSSR count). The van der Waals surface area contributed by atoms with Crippen LogP contribution < -0.4 is 4.72 Å². The molecule has 21 heavy (non-hydrogen) atoms. The van der Waals surface area contributed by atoms with E-state index in [2.05, 4.69) is 9.71 Å². The number of nitrogens with one attached hydrogen (secondary N) is 1. The zero-order valence-electron chi connectivity index (χ0n) is 12.3. The normalized spacial score (nSPS) is 18.0. The Kier molecular flexibility index (Phi) is 4.38. The molecule has 0 saturated heterocycles. The number of hydrogen-bond donors (Lipinski definition) is 2. The summed E-state index contributed by atoms with van der Waals surface area (Å²) >= 11 is 0. The molecule has 0 amide bonds. The Morgan fingerprint density at radius 1 is 1.48 bits per heavy atom. The highest BCUT2D eigenvalue weighted by atomic mass is 32.2. The van der Waals surface area contributed by atoms with Gasteiger partial charge in [0, 0.05) is 12.7 Å². The van der Waals surface area contributed by atoms with E-state index in [0.717, 1.165) is 6.42 Å². The highest BCUT2D eigenvalue weighted by Crippen LogP contribution is 2.31. The van der Waals surface area contributed by atoms with Crippen LogP contribution in [0.2, 0.25) is 0 Å². The average Bonchev–Trinajstić information content (AvgIpc) is 2.99. The van der Waals surface area contributed by atoms with Gasteiger partial charge in [-0.2, -0.15) is 4.72 Å². The molecule has 2 N–H and O–H groups in total. The molecule has 1 aliphatic carbocycles. The summed E-state index contributed by atoms with van der Waals surface area (Å²) in [7, 11) is -3.93. The molecule has 118 valence electrons. The maximum atomic E-state index is 12.4. The first-order valence-corrected chi connectivity index (χ1v) is 8.60. The number of aryl methyl sites for hydroxylation is 2. The van der Waals surface area contributed by atoms with Gasteiger partial charge in [-0.25, -0.2) is 13.4 Å². The minimum absolute atomic E-state index is 0.110. The van der Waals surface area contributed by atoms with Crippen LogP contribution in [-0.4, -0.2) is 34.6 Å². The Morgan fingerprint density at radius 2 is 2.10 bits per heavy atom. The van der Waals surface area contributed by atoms with Gasteiger partial charge in [-0.1, -0.05) is 19.8 Å². The van der Waals surface area contributed by atoms with Crippen molar-refractivity contribution in [1.82, 2.24) is 14.3 Å². The fourth-order valence-electron chi connectivity index (χ4n) is 2.72. The zero-order valence-corrected chi connectivity index (χ0v) is 13.1. The van der Waals surface area contributed by atoms with Crippen LogP contribution in [0.5, 0.6) is 0 Å². The number of hydrogen-bond acceptors (Lipinski definition) is 4. The first-order chi connectivity index (χ1) is 9.81. The van der Waals surface area contributed by atoms with E-state index in [-0.39, 0.29) is 5.03 Å². The second kappa shape index (κ2) is 5.76. The molecule has 0 aliphatic heterocycles. The van der Waals surface area contributed by atoms with Crippen LogP contribution in [0.4, 0.5) is 0 Å². The van der Waals surface area contributed by atoms with Crippen LogP contribution in [0.25, 0.3) is 0 Å². The van der Waals surface area contributed by atoms with Crippen LogP contribution in [0, 0.1) is 6.92 Å². The Labute approximate surface area is 124 Å². The van der Waals surface area contributed by atoms with Gasteiger partial charge in [0.25, 0.3) is 10.0 Å². The maximum absolute atomic E-state index is 12.4. The molecule has 1 aromatic heterocycles. The number of carboxylic acids is 1. The highest BCUT2D eigenvalue weighted by Gasteiger charge is 2.45. The van der Waals surface area contributed by atoms with Crippen molar-refractivity contribution in [2.75, 3.05) is 0 Å². The Hall–Kier alpha value is -1.41. The van der Waals surface area contributed by atoms with Crippen LogP contribution in [0.1, 0.15) is 44.9 Å². The average molecular weight is 315 g/mol. The molecule has 0 unspecified atom stereocenters. The zero-order chi connectivity index (χ0) is 15.7. The smallest absolute Gasteiger partial charge is 0.324 e. The number of carbonyl (C=O) groups is 1. The van der Waals surface area contributed by atoms with Crippen molar-refractivity contribution in [2.45, 2.75) is 63.1 Å². The molecule has 1 aliphatic rings. The predicted octanol–water partition coefficient (Wildman–Crippen LogP) is 1.28. The molecule has 1 fully saturated rings. The molecule has 1 heterocycles. The number of nitrogens with zero attached hydrogens (tertiary/aromatic N) is 2. The standard InChI is InChI=1S/C13H21N3O4S/c1-3-8-16-9-11(14-10(16)2)21(19,20)15-13(12(17)18)6-4-5-7-13/h9,15H,3-8H2,1-2H3,(H,17,18). The summed E-state index contributed by atoms with van der Waals surface area (Å²) in [4.78, 5) is 15.5. The molecule has 1 aromatic rings. The van der Waals surface area contributed by atoms with E-state index < -0.39 is 21.5 Å². The van der Waals surface area contributed by atoms with Crippen molar-refractivity contribution in [3.8, 4) is 0 Å². The first-order valence-electron chi connectivity index (χ1n) is 7.12. The van der Waals surface area contributed by atoms with Gasteiger partial charge in [-0.15, -0.1) is 0 Å². The third-order valence-electron chi connectivity index (χ3n) is 3.89. The number of imidazole rings is 1. The Bertz CT molecular complexity index is 630. The molecule has 0 aromatic carbocycles. The second-order valence-electron chi connectivity index (χ2n) is 5.52. The number of aromatic nitrogens is 2. The van der Waals surface area contributed by atoms with Gasteiger partial charge in [-0.3, -0.25) is 4.79 Å². The number of sulfonamides is 1. The fraction of sp³-hybridized carbons (Fsp3) is 0.692. The van der Waals surface area contributed by atoms with Crippen molar-refractivity contribution in [3.63, 3.8) is 0 Å². The van der Waals surface area contributed by atoms with Crippen molar-refractivity contribution in [3.05, 3.63) is 12.0 Å². The van der Waals surface area contributed by atoms with Crippen LogP contribution in [0.3, 0.4) is 0 Å². The van der Waals surface area contributed by atoms with Gasteiger partial charge in [0.15, 0.2) is 5.03 Å². The van der Waals surface area contributed by atoms with Crippen LogP contribution >= 0.6 is 0 Å². The van der Waals surface area contributed by atoms with Gasteiger partial charge in [-0.05, 0) is 26.2 Å². The molecule has 8 heteroatoms. The first kappa shape index (κ1) is 16.0. The summed E-state index contributed by atoms with van der Waals surface area (Å²) in [6, 6.07) is 0. The lowest BCUT2D eigenvalue weighted by Gasteiger charge is -2.24. The summed E-state index contributed by atoms with van der Waals surface area (Å²) in [5.74, 6) is -0.513. The fourth-order valence-corrected chi connectivity index (χ4v) is 4.15. The molecule has 0 spiro atoms. The third kappa shape index (κ3) is 3.11. The van der Waals surface area contributed by atoms with E-state index in [1.165, 1.54) is 6.20 Å². The number of rotatable bonds is 6. The van der Waals surface area contributed by atoms with Crippen molar-refractivity contribution < 1.29 is 18.3 Å². The minimum Gasteiger partial charge on any atom is -0.480 e. The van der Waals surface area contributed by atoms with Crippen LogP contribution in [0.15, 0.2) is 11.2 Å². The molecular formula is C13H21N3O4S. The highest BCUT2D eigenvalue weighted by molar-refractivity contribution is 7.89. The van der Waals surface area contributed by atoms with Crippen molar-refractivity contribution >= 4 is 16.0 Å². The quantitative estimate of drug-likeness (QED) is 0.823. The number of carboxylic acid groups (broad SMARTS) is 1. The molecule has 0 atom stereocenters. The largest absolute Gasteiger partial charge is 0.480 e. The van der Waals surface area contributed by atoms with Gasteiger partial charge in [0.2, 0.25) is 0 Å². The molecule has 0 radical (unpaired) electrons. The molecule has 0 bridgehead atoms. The van der Waals surface area contributed by atoms with Gasteiger partial charge >= 0.3 is 5.97 Å². The van der Waals surface area contributed by atoms with Gasteiger partial charge in [0.1, 0.15) is 11.4 Å². The number of aliphatic carboxylic acids is 1. The lowest BCUT2D eigenvalue weighted by molar-refractivity contribution is -0.143. The minimum atomic E-state index is -3.93. The lowest BCUT2D eigenvalue weighted by Crippen LogP contribution is -2.52. The lowest BCUT2D eigenvalue weighted by atomic mass is 10.0. The topological polar surface area (TPSA) is 101 Å². The maximum Gasteiger partial charge on any atom is 0.324 e. The van der Waals surface area contributed by atoms with Gasteiger partial charge in [0.05, 0.1) is 0 Å².